The lowest BCUT2D eigenvalue weighted by Crippen LogP contribution is -2.23. The van der Waals surface area contributed by atoms with Crippen LogP contribution in [0.1, 0.15) is 16.8 Å². The van der Waals surface area contributed by atoms with Crippen molar-refractivity contribution in [2.75, 3.05) is 38.8 Å². The first-order valence-corrected chi connectivity index (χ1v) is 5.89. The summed E-state index contributed by atoms with van der Waals surface area (Å²) in [7, 11) is 3.05. The topological polar surface area (TPSA) is 64.5 Å². The molecule has 1 saturated heterocycles. The molecule has 2 rings (SSSR count). The van der Waals surface area contributed by atoms with Crippen LogP contribution < -0.4 is 4.90 Å². The molecular formula is C12H17N3O3. The van der Waals surface area contributed by atoms with E-state index in [4.69, 9.17) is 4.74 Å². The Bertz CT molecular complexity index is 408. The van der Waals surface area contributed by atoms with Crippen LogP contribution in [0.25, 0.3) is 0 Å². The molecule has 0 spiro atoms. The molecule has 1 atom stereocenters. The quantitative estimate of drug-likeness (QED) is 0.735. The van der Waals surface area contributed by atoms with Gasteiger partial charge in [0.05, 0.1) is 19.3 Å². The molecule has 1 aromatic rings. The number of anilines is 1. The van der Waals surface area contributed by atoms with Gasteiger partial charge < -0.3 is 14.4 Å². The Kier molecular flexibility index (Phi) is 4.09. The molecular weight excluding hydrogens is 234 g/mol. The van der Waals surface area contributed by atoms with Gasteiger partial charge in [-0.2, -0.15) is 0 Å². The fraction of sp³-hybridized carbons (Fsp3) is 0.583. The molecule has 1 aliphatic rings. The summed E-state index contributed by atoms with van der Waals surface area (Å²) < 4.78 is 9.75. The van der Waals surface area contributed by atoms with E-state index in [0.29, 0.717) is 17.4 Å². The van der Waals surface area contributed by atoms with E-state index >= 15 is 0 Å². The van der Waals surface area contributed by atoms with Crippen LogP contribution in [0.3, 0.4) is 0 Å². The summed E-state index contributed by atoms with van der Waals surface area (Å²) >= 11 is 0. The number of hydrogen-bond donors (Lipinski definition) is 0. The second kappa shape index (κ2) is 5.77. The molecule has 0 aliphatic carbocycles. The summed E-state index contributed by atoms with van der Waals surface area (Å²) in [5, 5.41) is 0. The minimum absolute atomic E-state index is 0.369. The van der Waals surface area contributed by atoms with Crippen molar-refractivity contribution in [3.63, 3.8) is 0 Å². The van der Waals surface area contributed by atoms with E-state index in [-0.39, 0.29) is 0 Å². The van der Waals surface area contributed by atoms with Gasteiger partial charge in [0.15, 0.2) is 0 Å². The van der Waals surface area contributed by atoms with Crippen LogP contribution in [-0.2, 0) is 9.47 Å². The maximum Gasteiger partial charge on any atom is 0.341 e. The zero-order valence-electron chi connectivity index (χ0n) is 10.6. The third-order valence-electron chi connectivity index (χ3n) is 3.03. The van der Waals surface area contributed by atoms with Crippen molar-refractivity contribution in [1.82, 2.24) is 9.97 Å². The van der Waals surface area contributed by atoms with Crippen molar-refractivity contribution in [2.45, 2.75) is 6.42 Å². The molecule has 0 saturated carbocycles. The van der Waals surface area contributed by atoms with E-state index in [1.807, 2.05) is 0 Å². The highest BCUT2D eigenvalue weighted by Gasteiger charge is 2.24. The number of methoxy groups -OCH3 is 2. The van der Waals surface area contributed by atoms with Crippen LogP contribution >= 0.6 is 0 Å². The van der Waals surface area contributed by atoms with E-state index in [1.165, 1.54) is 19.5 Å². The monoisotopic (exact) mass is 251 g/mol. The summed E-state index contributed by atoms with van der Waals surface area (Å²) in [5.74, 6) is 0.764. The Labute approximate surface area is 106 Å². The van der Waals surface area contributed by atoms with E-state index in [9.17, 15) is 4.79 Å². The Morgan fingerprint density at radius 3 is 2.78 bits per heavy atom. The molecule has 0 bridgehead atoms. The summed E-state index contributed by atoms with van der Waals surface area (Å²) in [6, 6.07) is 0. The van der Waals surface area contributed by atoms with Gasteiger partial charge in [-0.25, -0.2) is 14.8 Å². The number of aromatic nitrogens is 2. The first kappa shape index (κ1) is 12.8. The van der Waals surface area contributed by atoms with Crippen molar-refractivity contribution in [3.05, 3.63) is 18.0 Å². The Morgan fingerprint density at radius 2 is 2.17 bits per heavy atom. The van der Waals surface area contributed by atoms with Crippen LogP contribution in [0.15, 0.2) is 12.4 Å². The zero-order valence-corrected chi connectivity index (χ0v) is 10.6. The minimum atomic E-state index is -0.416. The molecule has 0 radical (unpaired) electrons. The molecule has 0 unspecified atom stereocenters. The van der Waals surface area contributed by atoms with Gasteiger partial charge in [-0.1, -0.05) is 0 Å². The molecule has 0 amide bonds. The highest BCUT2D eigenvalue weighted by Crippen LogP contribution is 2.20. The first-order chi connectivity index (χ1) is 8.74. The molecule has 1 fully saturated rings. The van der Waals surface area contributed by atoms with Gasteiger partial charge in [-0.3, -0.25) is 0 Å². The van der Waals surface area contributed by atoms with Crippen LogP contribution in [-0.4, -0.2) is 49.9 Å². The first-order valence-electron chi connectivity index (χ1n) is 5.89. The van der Waals surface area contributed by atoms with Crippen LogP contribution in [0.4, 0.5) is 5.95 Å². The average molecular weight is 251 g/mol. The average Bonchev–Trinajstić information content (AvgIpc) is 2.87. The number of esters is 1. The molecule has 0 N–H and O–H groups in total. The molecule has 6 heteroatoms. The summed E-state index contributed by atoms with van der Waals surface area (Å²) in [6.45, 7) is 2.58. The van der Waals surface area contributed by atoms with Crippen molar-refractivity contribution in [2.24, 2.45) is 5.92 Å². The fourth-order valence-electron chi connectivity index (χ4n) is 2.09. The Balaban J connectivity index is 2.00. The van der Waals surface area contributed by atoms with Gasteiger partial charge in [0.25, 0.3) is 0 Å². The number of hydrogen-bond acceptors (Lipinski definition) is 6. The molecule has 98 valence electrons. The number of ether oxygens (including phenoxy) is 2. The maximum atomic E-state index is 11.3. The zero-order chi connectivity index (χ0) is 13.0. The van der Waals surface area contributed by atoms with Crippen molar-refractivity contribution >= 4 is 11.9 Å². The van der Waals surface area contributed by atoms with Crippen LogP contribution in [0, 0.1) is 5.92 Å². The molecule has 0 aromatic carbocycles. The standard InChI is InChI=1S/C12H17N3O3/c1-17-8-9-3-4-15(7-9)12-13-5-10(6-14-12)11(16)18-2/h5-6,9H,3-4,7-8H2,1-2H3/t9-/m1/s1. The number of carbonyl (C=O) groups excluding carboxylic acids is 1. The van der Waals surface area contributed by atoms with Gasteiger partial charge in [0, 0.05) is 38.5 Å². The van der Waals surface area contributed by atoms with Gasteiger partial charge in [-0.15, -0.1) is 0 Å². The summed E-state index contributed by atoms with van der Waals surface area (Å²) in [5.41, 5.74) is 0.369. The van der Waals surface area contributed by atoms with E-state index in [2.05, 4.69) is 19.6 Å². The van der Waals surface area contributed by atoms with Crippen LogP contribution in [0.5, 0.6) is 0 Å². The predicted molar refractivity (Wildman–Crippen MR) is 65.6 cm³/mol. The van der Waals surface area contributed by atoms with Gasteiger partial charge >= 0.3 is 5.97 Å². The highest BCUT2D eigenvalue weighted by atomic mass is 16.5. The van der Waals surface area contributed by atoms with Gasteiger partial charge in [-0.05, 0) is 6.42 Å². The second-order valence-corrected chi connectivity index (χ2v) is 4.32. The van der Waals surface area contributed by atoms with Crippen molar-refractivity contribution in [1.29, 1.82) is 0 Å². The number of nitrogens with zero attached hydrogens (tertiary/aromatic N) is 3. The third-order valence-corrected chi connectivity index (χ3v) is 3.03. The number of rotatable bonds is 4. The molecule has 18 heavy (non-hydrogen) atoms. The molecule has 2 heterocycles. The Hall–Kier alpha value is -1.69. The second-order valence-electron chi connectivity index (χ2n) is 4.32. The largest absolute Gasteiger partial charge is 0.465 e. The molecule has 6 nitrogen and oxygen atoms in total. The van der Waals surface area contributed by atoms with Crippen LogP contribution in [0.2, 0.25) is 0 Å². The molecule has 1 aliphatic heterocycles. The highest BCUT2D eigenvalue weighted by molar-refractivity contribution is 5.88. The SMILES string of the molecule is COC[C@@H]1CCN(c2ncc(C(=O)OC)cn2)C1. The normalized spacial score (nSPS) is 19.0. The third kappa shape index (κ3) is 2.76. The van der Waals surface area contributed by atoms with Gasteiger partial charge in [0.1, 0.15) is 0 Å². The molecule has 1 aromatic heterocycles. The van der Waals surface area contributed by atoms with Crippen molar-refractivity contribution in [3.8, 4) is 0 Å². The fourth-order valence-corrected chi connectivity index (χ4v) is 2.09. The van der Waals surface area contributed by atoms with Gasteiger partial charge in [0.2, 0.25) is 5.95 Å². The lowest BCUT2D eigenvalue weighted by molar-refractivity contribution is 0.0600. The minimum Gasteiger partial charge on any atom is -0.465 e. The summed E-state index contributed by atoms with van der Waals surface area (Å²) in [6.07, 6.45) is 4.07. The lowest BCUT2D eigenvalue weighted by atomic mass is 10.1. The smallest absolute Gasteiger partial charge is 0.341 e. The maximum absolute atomic E-state index is 11.3. The predicted octanol–water partition coefficient (Wildman–Crippen LogP) is 0.736. The van der Waals surface area contributed by atoms with E-state index in [0.717, 1.165) is 26.1 Å². The van der Waals surface area contributed by atoms with Crippen molar-refractivity contribution < 1.29 is 14.3 Å². The Morgan fingerprint density at radius 1 is 1.44 bits per heavy atom. The summed E-state index contributed by atoms with van der Waals surface area (Å²) in [4.78, 5) is 21.7. The van der Waals surface area contributed by atoms with E-state index < -0.39 is 5.97 Å². The van der Waals surface area contributed by atoms with E-state index in [1.54, 1.807) is 7.11 Å². The lowest BCUT2D eigenvalue weighted by Gasteiger charge is -2.15. The number of carbonyl (C=O) groups is 1.